The average molecular weight is 222 g/mol. The zero-order chi connectivity index (χ0) is 11.4. The third kappa shape index (κ3) is 2.98. The van der Waals surface area contributed by atoms with Crippen molar-refractivity contribution in [2.45, 2.75) is 19.8 Å². The molecule has 0 spiro atoms. The van der Waals surface area contributed by atoms with Gasteiger partial charge in [-0.25, -0.2) is 4.98 Å². The van der Waals surface area contributed by atoms with E-state index < -0.39 is 0 Å². The lowest BCUT2D eigenvalue weighted by atomic mass is 10.1. The minimum Gasteiger partial charge on any atom is -0.355 e. The number of anilines is 1. The van der Waals surface area contributed by atoms with Crippen LogP contribution in [0.2, 0.25) is 0 Å². The highest BCUT2D eigenvalue weighted by molar-refractivity contribution is 5.25. The maximum atomic E-state index is 4.26. The standard InChI is InChI=1S/C12H22N4/c1-11(10-16-6-3-4-7-16)9-14-12-13-5-8-15(12)2/h5,8,11H,3-4,6-7,9-10H2,1-2H3,(H,13,14). The van der Waals surface area contributed by atoms with Crippen LogP contribution < -0.4 is 5.32 Å². The number of hydrogen-bond donors (Lipinski definition) is 1. The summed E-state index contributed by atoms with van der Waals surface area (Å²) in [6, 6.07) is 0. The fourth-order valence-electron chi connectivity index (χ4n) is 2.27. The van der Waals surface area contributed by atoms with Gasteiger partial charge in [0, 0.05) is 32.5 Å². The largest absolute Gasteiger partial charge is 0.355 e. The summed E-state index contributed by atoms with van der Waals surface area (Å²) in [6.07, 6.45) is 6.54. The minimum absolute atomic E-state index is 0.676. The van der Waals surface area contributed by atoms with Gasteiger partial charge >= 0.3 is 0 Å². The highest BCUT2D eigenvalue weighted by Gasteiger charge is 2.14. The summed E-state index contributed by atoms with van der Waals surface area (Å²) in [5, 5.41) is 3.39. The second-order valence-corrected chi connectivity index (χ2v) is 4.86. The third-order valence-corrected chi connectivity index (χ3v) is 3.20. The normalized spacial score (nSPS) is 18.9. The van der Waals surface area contributed by atoms with Crippen molar-refractivity contribution in [2.75, 3.05) is 31.5 Å². The maximum Gasteiger partial charge on any atom is 0.202 e. The van der Waals surface area contributed by atoms with Crippen LogP contribution in [0.15, 0.2) is 12.4 Å². The molecule has 16 heavy (non-hydrogen) atoms. The molecule has 1 aromatic rings. The number of aromatic nitrogens is 2. The van der Waals surface area contributed by atoms with E-state index in [1.165, 1.54) is 32.5 Å². The molecule has 0 aromatic carbocycles. The number of aryl methyl sites for hydroxylation is 1. The van der Waals surface area contributed by atoms with Crippen molar-refractivity contribution in [3.63, 3.8) is 0 Å². The van der Waals surface area contributed by atoms with E-state index in [0.717, 1.165) is 12.5 Å². The molecule has 2 heterocycles. The molecule has 1 unspecified atom stereocenters. The lowest BCUT2D eigenvalue weighted by Gasteiger charge is -2.20. The number of rotatable bonds is 5. The van der Waals surface area contributed by atoms with Gasteiger partial charge in [0.15, 0.2) is 0 Å². The van der Waals surface area contributed by atoms with Crippen molar-refractivity contribution in [3.05, 3.63) is 12.4 Å². The summed E-state index contributed by atoms with van der Waals surface area (Å²) >= 11 is 0. The molecule has 4 heteroatoms. The van der Waals surface area contributed by atoms with Crippen LogP contribution in [0.25, 0.3) is 0 Å². The predicted molar refractivity (Wildman–Crippen MR) is 66.5 cm³/mol. The highest BCUT2D eigenvalue weighted by Crippen LogP contribution is 2.10. The molecule has 0 radical (unpaired) electrons. The summed E-state index contributed by atoms with van der Waals surface area (Å²) in [7, 11) is 2.01. The fourth-order valence-corrected chi connectivity index (χ4v) is 2.27. The molecule has 0 bridgehead atoms. The molecule has 2 rings (SSSR count). The van der Waals surface area contributed by atoms with E-state index in [1.54, 1.807) is 0 Å². The van der Waals surface area contributed by atoms with Crippen LogP contribution in [0, 0.1) is 5.92 Å². The van der Waals surface area contributed by atoms with E-state index in [1.807, 2.05) is 24.0 Å². The number of nitrogens with one attached hydrogen (secondary N) is 1. The first kappa shape index (κ1) is 11.5. The first-order valence-corrected chi connectivity index (χ1v) is 6.19. The molecule has 0 saturated carbocycles. The van der Waals surface area contributed by atoms with Gasteiger partial charge in [-0.3, -0.25) is 0 Å². The fraction of sp³-hybridized carbons (Fsp3) is 0.750. The maximum absolute atomic E-state index is 4.26. The Hall–Kier alpha value is -1.03. The Morgan fingerprint density at radius 2 is 2.19 bits per heavy atom. The summed E-state index contributed by atoms with van der Waals surface area (Å²) in [6.45, 7) is 7.08. The van der Waals surface area contributed by atoms with E-state index >= 15 is 0 Å². The second-order valence-electron chi connectivity index (χ2n) is 4.86. The molecule has 0 aliphatic carbocycles. The monoisotopic (exact) mass is 222 g/mol. The van der Waals surface area contributed by atoms with E-state index in [0.29, 0.717) is 5.92 Å². The molecule has 1 aliphatic heterocycles. The first-order valence-electron chi connectivity index (χ1n) is 6.19. The topological polar surface area (TPSA) is 33.1 Å². The van der Waals surface area contributed by atoms with Crippen LogP contribution in [0.1, 0.15) is 19.8 Å². The predicted octanol–water partition coefficient (Wildman–Crippen LogP) is 1.56. The van der Waals surface area contributed by atoms with E-state index in [2.05, 4.69) is 22.1 Å². The van der Waals surface area contributed by atoms with Crippen molar-refractivity contribution >= 4 is 5.95 Å². The Labute approximate surface area is 97.7 Å². The van der Waals surface area contributed by atoms with Gasteiger partial charge in [-0.05, 0) is 31.8 Å². The van der Waals surface area contributed by atoms with Gasteiger partial charge in [-0.1, -0.05) is 6.92 Å². The Bertz CT molecular complexity index is 315. The number of likely N-dealkylation sites (tertiary alicyclic amines) is 1. The van der Waals surface area contributed by atoms with Gasteiger partial charge in [0.25, 0.3) is 0 Å². The SMILES string of the molecule is CC(CNc1nccn1C)CN1CCCC1. The molecule has 1 saturated heterocycles. The Kier molecular flexibility index (Phi) is 3.83. The van der Waals surface area contributed by atoms with Gasteiger partial charge in [-0.15, -0.1) is 0 Å². The van der Waals surface area contributed by atoms with Gasteiger partial charge in [0.2, 0.25) is 5.95 Å². The smallest absolute Gasteiger partial charge is 0.202 e. The van der Waals surface area contributed by atoms with Gasteiger partial charge in [-0.2, -0.15) is 0 Å². The molecule has 1 aliphatic rings. The van der Waals surface area contributed by atoms with Crippen molar-refractivity contribution < 1.29 is 0 Å². The quantitative estimate of drug-likeness (QED) is 0.821. The first-order chi connectivity index (χ1) is 7.75. The molecular formula is C12H22N4. The lowest BCUT2D eigenvalue weighted by Crippen LogP contribution is -2.29. The molecular weight excluding hydrogens is 200 g/mol. The van der Waals surface area contributed by atoms with Crippen LogP contribution in [-0.4, -0.2) is 40.6 Å². The van der Waals surface area contributed by atoms with Gasteiger partial charge < -0.3 is 14.8 Å². The van der Waals surface area contributed by atoms with E-state index in [9.17, 15) is 0 Å². The molecule has 0 amide bonds. The van der Waals surface area contributed by atoms with Crippen LogP contribution in [-0.2, 0) is 7.05 Å². The van der Waals surface area contributed by atoms with Crippen molar-refractivity contribution in [3.8, 4) is 0 Å². The Morgan fingerprint density at radius 3 is 2.81 bits per heavy atom. The lowest BCUT2D eigenvalue weighted by molar-refractivity contribution is 0.294. The van der Waals surface area contributed by atoms with Crippen molar-refractivity contribution in [1.82, 2.24) is 14.5 Å². The summed E-state index contributed by atoms with van der Waals surface area (Å²) in [5.41, 5.74) is 0. The number of nitrogens with zero attached hydrogens (tertiary/aromatic N) is 3. The summed E-state index contributed by atoms with van der Waals surface area (Å²) in [5.74, 6) is 1.64. The van der Waals surface area contributed by atoms with Crippen LogP contribution in [0.4, 0.5) is 5.95 Å². The molecule has 1 fully saturated rings. The zero-order valence-corrected chi connectivity index (χ0v) is 10.3. The van der Waals surface area contributed by atoms with Crippen molar-refractivity contribution in [1.29, 1.82) is 0 Å². The average Bonchev–Trinajstić information content (AvgIpc) is 2.87. The van der Waals surface area contributed by atoms with Crippen LogP contribution in [0.5, 0.6) is 0 Å². The molecule has 4 nitrogen and oxygen atoms in total. The van der Waals surface area contributed by atoms with Gasteiger partial charge in [0.1, 0.15) is 0 Å². The van der Waals surface area contributed by atoms with Crippen molar-refractivity contribution in [2.24, 2.45) is 13.0 Å². The highest BCUT2D eigenvalue weighted by atomic mass is 15.2. The molecule has 1 aromatic heterocycles. The molecule has 1 atom stereocenters. The molecule has 90 valence electrons. The number of imidazole rings is 1. The van der Waals surface area contributed by atoms with Gasteiger partial charge in [0.05, 0.1) is 0 Å². The summed E-state index contributed by atoms with van der Waals surface area (Å²) in [4.78, 5) is 6.82. The minimum atomic E-state index is 0.676. The van der Waals surface area contributed by atoms with Crippen LogP contribution >= 0.6 is 0 Å². The number of hydrogen-bond acceptors (Lipinski definition) is 3. The Balaban J connectivity index is 1.71. The Morgan fingerprint density at radius 1 is 1.44 bits per heavy atom. The van der Waals surface area contributed by atoms with Crippen LogP contribution in [0.3, 0.4) is 0 Å². The third-order valence-electron chi connectivity index (χ3n) is 3.20. The molecule has 1 N–H and O–H groups in total. The second kappa shape index (κ2) is 5.34. The zero-order valence-electron chi connectivity index (χ0n) is 10.3. The van der Waals surface area contributed by atoms with E-state index in [-0.39, 0.29) is 0 Å². The summed E-state index contributed by atoms with van der Waals surface area (Å²) < 4.78 is 2.02. The van der Waals surface area contributed by atoms with E-state index in [4.69, 9.17) is 0 Å².